The number of methoxy groups -OCH3 is 1. The van der Waals surface area contributed by atoms with Gasteiger partial charge in [-0.15, -0.1) is 0 Å². The number of benzene rings is 2. The predicted molar refractivity (Wildman–Crippen MR) is 93.2 cm³/mol. The van der Waals surface area contributed by atoms with Crippen molar-refractivity contribution >= 4 is 23.4 Å². The lowest BCUT2D eigenvalue weighted by Crippen LogP contribution is -2.31. The Balaban J connectivity index is 1.97. The number of rotatable bonds is 5. The molecular weight excluding hydrogens is 308 g/mol. The highest BCUT2D eigenvalue weighted by atomic mass is 16.5. The molecule has 2 aromatic carbocycles. The Morgan fingerprint density at radius 2 is 1.71 bits per heavy atom. The highest BCUT2D eigenvalue weighted by Gasteiger charge is 2.11. The third-order valence-corrected chi connectivity index (χ3v) is 3.38. The molecule has 1 unspecified atom stereocenters. The van der Waals surface area contributed by atoms with Gasteiger partial charge in [0.25, 0.3) is 0 Å². The van der Waals surface area contributed by atoms with Gasteiger partial charge in [0.05, 0.1) is 18.8 Å². The number of hydrogen-bond acceptors (Lipinski definition) is 3. The summed E-state index contributed by atoms with van der Waals surface area (Å²) in [5.74, 6) is 0.585. The molecule has 0 bridgehead atoms. The maximum atomic E-state index is 12.1. The Labute approximate surface area is 140 Å². The van der Waals surface area contributed by atoms with Crippen LogP contribution in [-0.2, 0) is 0 Å². The third-order valence-electron chi connectivity index (χ3n) is 3.38. The molecule has 0 saturated carbocycles. The van der Waals surface area contributed by atoms with Crippen LogP contribution in [-0.4, -0.2) is 19.2 Å². The van der Waals surface area contributed by atoms with Crippen LogP contribution in [0, 0.1) is 0 Å². The number of urea groups is 2. The van der Waals surface area contributed by atoms with Crippen LogP contribution in [0.3, 0.4) is 0 Å². The van der Waals surface area contributed by atoms with Gasteiger partial charge in [-0.1, -0.05) is 24.3 Å². The summed E-state index contributed by atoms with van der Waals surface area (Å²) in [5.41, 5.74) is 7.13. The molecule has 0 aliphatic carbocycles. The van der Waals surface area contributed by atoms with E-state index in [9.17, 15) is 9.59 Å². The number of nitrogens with one attached hydrogen (secondary N) is 3. The van der Waals surface area contributed by atoms with Crippen LogP contribution in [0.1, 0.15) is 18.5 Å². The van der Waals surface area contributed by atoms with E-state index in [1.807, 2.05) is 19.1 Å². The number of primary amides is 1. The van der Waals surface area contributed by atoms with Crippen molar-refractivity contribution in [3.8, 4) is 5.75 Å². The fourth-order valence-corrected chi connectivity index (χ4v) is 2.18. The summed E-state index contributed by atoms with van der Waals surface area (Å²) >= 11 is 0. The third kappa shape index (κ3) is 4.64. The zero-order valence-electron chi connectivity index (χ0n) is 13.5. The first kappa shape index (κ1) is 17.1. The molecule has 5 N–H and O–H groups in total. The van der Waals surface area contributed by atoms with Gasteiger partial charge in [0.2, 0.25) is 0 Å². The van der Waals surface area contributed by atoms with Crippen LogP contribution >= 0.6 is 0 Å². The van der Waals surface area contributed by atoms with Crippen molar-refractivity contribution < 1.29 is 14.3 Å². The Bertz CT molecular complexity index is 716. The van der Waals surface area contributed by atoms with Crippen LogP contribution in [0.2, 0.25) is 0 Å². The SMILES string of the molecule is COc1ccccc1NC(=O)NC(C)c1ccc(NC(N)=O)cc1. The number of anilines is 2. The molecule has 0 aliphatic rings. The van der Waals surface area contributed by atoms with Gasteiger partial charge in [-0.3, -0.25) is 0 Å². The molecular formula is C17H20N4O3. The molecule has 2 aromatic rings. The lowest BCUT2D eigenvalue weighted by atomic mass is 10.1. The number of para-hydroxylation sites is 2. The molecule has 1 atom stereocenters. The molecule has 2 rings (SSSR count). The first-order chi connectivity index (χ1) is 11.5. The largest absolute Gasteiger partial charge is 0.495 e. The second-order valence-electron chi connectivity index (χ2n) is 5.13. The van der Waals surface area contributed by atoms with E-state index in [1.165, 1.54) is 0 Å². The van der Waals surface area contributed by atoms with Crippen molar-refractivity contribution in [2.75, 3.05) is 17.7 Å². The van der Waals surface area contributed by atoms with Gasteiger partial charge in [-0.2, -0.15) is 0 Å². The number of nitrogens with two attached hydrogens (primary N) is 1. The molecule has 0 aromatic heterocycles. The summed E-state index contributed by atoms with van der Waals surface area (Å²) in [7, 11) is 1.54. The van der Waals surface area contributed by atoms with E-state index >= 15 is 0 Å². The van der Waals surface area contributed by atoms with Crippen LogP contribution < -0.4 is 26.4 Å². The summed E-state index contributed by atoms with van der Waals surface area (Å²) in [4.78, 5) is 22.9. The van der Waals surface area contributed by atoms with E-state index in [0.717, 1.165) is 5.56 Å². The lowest BCUT2D eigenvalue weighted by Gasteiger charge is -2.16. The van der Waals surface area contributed by atoms with Crippen molar-refractivity contribution in [3.63, 3.8) is 0 Å². The van der Waals surface area contributed by atoms with Gasteiger partial charge in [0.1, 0.15) is 5.75 Å². The first-order valence-electron chi connectivity index (χ1n) is 7.36. The van der Waals surface area contributed by atoms with Crippen LogP contribution in [0.5, 0.6) is 5.75 Å². The highest BCUT2D eigenvalue weighted by molar-refractivity contribution is 5.91. The summed E-state index contributed by atoms with van der Waals surface area (Å²) in [6.45, 7) is 1.86. The molecule has 4 amide bonds. The molecule has 0 aliphatic heterocycles. The van der Waals surface area contributed by atoms with E-state index in [2.05, 4.69) is 16.0 Å². The van der Waals surface area contributed by atoms with Crippen molar-refractivity contribution in [3.05, 3.63) is 54.1 Å². The van der Waals surface area contributed by atoms with Gasteiger partial charge >= 0.3 is 12.1 Å². The number of amides is 4. The number of carbonyl (C=O) groups excluding carboxylic acids is 2. The topological polar surface area (TPSA) is 105 Å². The zero-order valence-corrected chi connectivity index (χ0v) is 13.5. The molecule has 0 heterocycles. The maximum Gasteiger partial charge on any atom is 0.319 e. The average molecular weight is 328 g/mol. The molecule has 0 spiro atoms. The number of carbonyl (C=O) groups is 2. The molecule has 126 valence electrons. The van der Waals surface area contributed by atoms with Crippen LogP contribution in [0.4, 0.5) is 21.0 Å². The fraction of sp³-hybridized carbons (Fsp3) is 0.176. The first-order valence-corrected chi connectivity index (χ1v) is 7.36. The summed E-state index contributed by atoms with van der Waals surface area (Å²) in [6, 6.07) is 13.0. The van der Waals surface area contributed by atoms with Gasteiger partial charge in [0, 0.05) is 5.69 Å². The standard InChI is InChI=1S/C17H20N4O3/c1-11(12-7-9-13(10-8-12)20-16(18)22)19-17(23)21-14-5-3-4-6-15(14)24-2/h3-11H,1-2H3,(H3,18,20,22)(H2,19,21,23). The minimum absolute atomic E-state index is 0.220. The van der Waals surface area contributed by atoms with E-state index in [0.29, 0.717) is 17.1 Å². The average Bonchev–Trinajstić information content (AvgIpc) is 2.55. The number of ether oxygens (including phenoxy) is 1. The minimum Gasteiger partial charge on any atom is -0.495 e. The Hall–Kier alpha value is -3.22. The van der Waals surface area contributed by atoms with Gasteiger partial charge in [-0.05, 0) is 36.8 Å². The molecule has 7 heteroatoms. The van der Waals surface area contributed by atoms with Crippen molar-refractivity contribution in [1.29, 1.82) is 0 Å². The van der Waals surface area contributed by atoms with Crippen molar-refractivity contribution in [2.24, 2.45) is 5.73 Å². The van der Waals surface area contributed by atoms with E-state index in [-0.39, 0.29) is 12.1 Å². The summed E-state index contributed by atoms with van der Waals surface area (Å²) in [6.07, 6.45) is 0. The van der Waals surface area contributed by atoms with Crippen LogP contribution in [0.15, 0.2) is 48.5 Å². The predicted octanol–water partition coefficient (Wildman–Crippen LogP) is 3.07. The van der Waals surface area contributed by atoms with Gasteiger partial charge in [-0.25, -0.2) is 9.59 Å². The zero-order chi connectivity index (χ0) is 17.5. The Morgan fingerprint density at radius 3 is 2.33 bits per heavy atom. The van der Waals surface area contributed by atoms with Crippen molar-refractivity contribution in [1.82, 2.24) is 5.32 Å². The second kappa shape index (κ2) is 7.87. The van der Waals surface area contributed by atoms with Crippen LogP contribution in [0.25, 0.3) is 0 Å². The van der Waals surface area contributed by atoms with E-state index in [4.69, 9.17) is 10.5 Å². The quantitative estimate of drug-likeness (QED) is 0.677. The van der Waals surface area contributed by atoms with Gasteiger partial charge < -0.3 is 26.4 Å². The normalized spacial score (nSPS) is 11.2. The second-order valence-corrected chi connectivity index (χ2v) is 5.13. The lowest BCUT2D eigenvalue weighted by molar-refractivity contribution is 0.249. The highest BCUT2D eigenvalue weighted by Crippen LogP contribution is 2.23. The Morgan fingerprint density at radius 1 is 1.04 bits per heavy atom. The summed E-state index contributed by atoms with van der Waals surface area (Å²) < 4.78 is 5.19. The van der Waals surface area contributed by atoms with E-state index in [1.54, 1.807) is 43.5 Å². The fourth-order valence-electron chi connectivity index (χ4n) is 2.18. The summed E-state index contributed by atoms with van der Waals surface area (Å²) in [5, 5.41) is 8.07. The maximum absolute atomic E-state index is 12.1. The minimum atomic E-state index is -0.620. The molecule has 0 saturated heterocycles. The number of hydrogen-bond donors (Lipinski definition) is 4. The molecule has 0 radical (unpaired) electrons. The molecule has 7 nitrogen and oxygen atoms in total. The van der Waals surface area contributed by atoms with Gasteiger partial charge in [0.15, 0.2) is 0 Å². The van der Waals surface area contributed by atoms with Crippen molar-refractivity contribution in [2.45, 2.75) is 13.0 Å². The molecule has 0 fully saturated rings. The monoisotopic (exact) mass is 328 g/mol. The molecule has 24 heavy (non-hydrogen) atoms. The smallest absolute Gasteiger partial charge is 0.319 e. The van der Waals surface area contributed by atoms with E-state index < -0.39 is 6.03 Å². The Kier molecular flexibility index (Phi) is 5.62.